The molecule has 0 spiro atoms. The summed E-state index contributed by atoms with van der Waals surface area (Å²) in [5.74, 6) is -0.813. The summed E-state index contributed by atoms with van der Waals surface area (Å²) < 4.78 is 27.4. The molecule has 3 rings (SSSR count). The standard InChI is InChI=1S/C23H29N3O4S/c1-15-6-7-16(2)20(12-15)26-14-17(13-21(26)27)22(28)24-18-8-10-19(11-9-18)31(29,30)25-23(3,4)5/h6-12,17,25H,13-14H2,1-5H3,(H,24,28). The van der Waals surface area contributed by atoms with Gasteiger partial charge in [0.25, 0.3) is 0 Å². The molecule has 1 unspecified atom stereocenters. The first-order valence-electron chi connectivity index (χ1n) is 10.2. The maximum atomic E-state index is 12.7. The largest absolute Gasteiger partial charge is 0.326 e. The quantitative estimate of drug-likeness (QED) is 0.741. The van der Waals surface area contributed by atoms with Gasteiger partial charge in [-0.05, 0) is 76.1 Å². The first-order valence-corrected chi connectivity index (χ1v) is 11.7. The predicted molar refractivity (Wildman–Crippen MR) is 122 cm³/mol. The lowest BCUT2D eigenvalue weighted by atomic mass is 10.1. The summed E-state index contributed by atoms with van der Waals surface area (Å²) in [6.45, 7) is 9.53. The van der Waals surface area contributed by atoms with Gasteiger partial charge in [-0.3, -0.25) is 9.59 Å². The molecule has 0 aliphatic carbocycles. The number of nitrogens with zero attached hydrogens (tertiary/aromatic N) is 1. The molecule has 1 atom stereocenters. The maximum Gasteiger partial charge on any atom is 0.241 e. The number of hydrogen-bond donors (Lipinski definition) is 2. The maximum absolute atomic E-state index is 12.7. The first kappa shape index (κ1) is 23.0. The zero-order valence-electron chi connectivity index (χ0n) is 18.5. The van der Waals surface area contributed by atoms with E-state index in [1.54, 1.807) is 37.8 Å². The van der Waals surface area contributed by atoms with Gasteiger partial charge in [-0.1, -0.05) is 12.1 Å². The molecule has 0 bridgehead atoms. The Hall–Kier alpha value is -2.71. The van der Waals surface area contributed by atoms with Gasteiger partial charge in [0.1, 0.15) is 0 Å². The van der Waals surface area contributed by atoms with Gasteiger partial charge < -0.3 is 10.2 Å². The summed E-state index contributed by atoms with van der Waals surface area (Å²) in [4.78, 5) is 27.1. The SMILES string of the molecule is Cc1ccc(C)c(N2CC(C(=O)Nc3ccc(S(=O)(=O)NC(C)(C)C)cc3)CC2=O)c1. The molecule has 1 aliphatic rings. The summed E-state index contributed by atoms with van der Waals surface area (Å²) >= 11 is 0. The molecule has 8 heteroatoms. The number of carbonyl (C=O) groups is 2. The number of sulfonamides is 1. The fourth-order valence-electron chi connectivity index (χ4n) is 3.55. The summed E-state index contributed by atoms with van der Waals surface area (Å²) in [5, 5.41) is 2.80. The zero-order valence-corrected chi connectivity index (χ0v) is 19.3. The number of nitrogens with one attached hydrogen (secondary N) is 2. The van der Waals surface area contributed by atoms with E-state index in [2.05, 4.69) is 10.0 Å². The number of amides is 2. The minimum atomic E-state index is -3.65. The molecule has 0 aromatic heterocycles. The van der Waals surface area contributed by atoms with Crippen LogP contribution in [0.4, 0.5) is 11.4 Å². The van der Waals surface area contributed by atoms with Gasteiger partial charge in [0.2, 0.25) is 21.8 Å². The Kier molecular flexibility index (Phi) is 6.25. The van der Waals surface area contributed by atoms with Gasteiger partial charge in [0, 0.05) is 29.9 Å². The zero-order chi connectivity index (χ0) is 23.0. The third-order valence-corrected chi connectivity index (χ3v) is 6.80. The van der Waals surface area contributed by atoms with Crippen LogP contribution in [-0.2, 0) is 19.6 Å². The molecule has 1 saturated heterocycles. The lowest BCUT2D eigenvalue weighted by Crippen LogP contribution is -2.40. The van der Waals surface area contributed by atoms with E-state index in [1.807, 2.05) is 32.0 Å². The van der Waals surface area contributed by atoms with Crippen LogP contribution in [0.1, 0.15) is 38.3 Å². The average molecular weight is 444 g/mol. The molecule has 0 radical (unpaired) electrons. The molecule has 2 amide bonds. The Morgan fingerprint density at radius 3 is 2.32 bits per heavy atom. The van der Waals surface area contributed by atoms with Crippen LogP contribution in [0.25, 0.3) is 0 Å². The highest BCUT2D eigenvalue weighted by Crippen LogP contribution is 2.29. The molecule has 2 N–H and O–H groups in total. The van der Waals surface area contributed by atoms with Gasteiger partial charge >= 0.3 is 0 Å². The van der Waals surface area contributed by atoms with Crippen LogP contribution in [0, 0.1) is 19.8 Å². The number of anilines is 2. The second-order valence-corrected chi connectivity index (χ2v) is 10.7. The van der Waals surface area contributed by atoms with Crippen LogP contribution in [-0.4, -0.2) is 32.3 Å². The number of aryl methyl sites for hydroxylation is 2. The molecule has 166 valence electrons. The fourth-order valence-corrected chi connectivity index (χ4v) is 4.97. The molecular formula is C23H29N3O4S. The Morgan fingerprint density at radius 1 is 1.06 bits per heavy atom. The highest BCUT2D eigenvalue weighted by atomic mass is 32.2. The van der Waals surface area contributed by atoms with Crippen molar-refractivity contribution in [2.75, 3.05) is 16.8 Å². The fraction of sp³-hybridized carbons (Fsp3) is 0.391. The minimum absolute atomic E-state index is 0.0801. The Balaban J connectivity index is 1.68. The van der Waals surface area contributed by atoms with Gasteiger partial charge in [0.15, 0.2) is 0 Å². The van der Waals surface area contributed by atoms with Crippen molar-refractivity contribution in [2.45, 2.75) is 51.5 Å². The summed E-state index contributed by atoms with van der Waals surface area (Å²) in [6, 6.07) is 11.9. The summed E-state index contributed by atoms with van der Waals surface area (Å²) in [7, 11) is -3.65. The number of rotatable bonds is 5. The van der Waals surface area contributed by atoms with E-state index in [0.29, 0.717) is 12.2 Å². The van der Waals surface area contributed by atoms with Crippen LogP contribution in [0.2, 0.25) is 0 Å². The number of benzene rings is 2. The van der Waals surface area contributed by atoms with Gasteiger partial charge in [0.05, 0.1) is 10.8 Å². The van der Waals surface area contributed by atoms with E-state index in [0.717, 1.165) is 16.8 Å². The van der Waals surface area contributed by atoms with E-state index in [-0.39, 0.29) is 23.1 Å². The normalized spacial score (nSPS) is 17.1. The number of carbonyl (C=O) groups excluding carboxylic acids is 2. The first-order chi connectivity index (χ1) is 14.4. The molecule has 2 aromatic carbocycles. The summed E-state index contributed by atoms with van der Waals surface area (Å²) in [5.41, 5.74) is 2.76. The second-order valence-electron chi connectivity index (χ2n) is 9.06. The molecule has 7 nitrogen and oxygen atoms in total. The van der Waals surface area contributed by atoms with Crippen molar-refractivity contribution >= 4 is 33.2 Å². The molecule has 0 saturated carbocycles. The lowest BCUT2D eigenvalue weighted by molar-refractivity contribution is -0.122. The van der Waals surface area contributed by atoms with Crippen LogP contribution < -0.4 is 14.9 Å². The van der Waals surface area contributed by atoms with E-state index in [4.69, 9.17) is 0 Å². The molecule has 1 fully saturated rings. The van der Waals surface area contributed by atoms with Crippen molar-refractivity contribution in [1.82, 2.24) is 4.72 Å². The van der Waals surface area contributed by atoms with Gasteiger partial charge in [-0.25, -0.2) is 13.1 Å². The van der Waals surface area contributed by atoms with Crippen LogP contribution in [0.15, 0.2) is 47.4 Å². The third-order valence-electron chi connectivity index (χ3n) is 5.02. The highest BCUT2D eigenvalue weighted by molar-refractivity contribution is 7.89. The van der Waals surface area contributed by atoms with Crippen LogP contribution in [0.3, 0.4) is 0 Å². The van der Waals surface area contributed by atoms with Crippen LogP contribution in [0.5, 0.6) is 0 Å². The topological polar surface area (TPSA) is 95.6 Å². The third kappa shape index (κ3) is 5.51. The second kappa shape index (κ2) is 8.43. The summed E-state index contributed by atoms with van der Waals surface area (Å²) in [6.07, 6.45) is 0.140. The van der Waals surface area contributed by atoms with Crippen molar-refractivity contribution < 1.29 is 18.0 Å². The van der Waals surface area contributed by atoms with Crippen molar-refractivity contribution in [2.24, 2.45) is 5.92 Å². The van der Waals surface area contributed by atoms with E-state index in [9.17, 15) is 18.0 Å². The predicted octanol–water partition coefficient (Wildman–Crippen LogP) is 3.37. The van der Waals surface area contributed by atoms with E-state index in [1.165, 1.54) is 12.1 Å². The van der Waals surface area contributed by atoms with Crippen LogP contribution >= 0.6 is 0 Å². The molecule has 2 aromatic rings. The van der Waals surface area contributed by atoms with Crippen molar-refractivity contribution in [3.8, 4) is 0 Å². The molecule has 1 aliphatic heterocycles. The van der Waals surface area contributed by atoms with Crippen molar-refractivity contribution in [3.63, 3.8) is 0 Å². The van der Waals surface area contributed by atoms with E-state index < -0.39 is 21.5 Å². The highest BCUT2D eigenvalue weighted by Gasteiger charge is 2.35. The Morgan fingerprint density at radius 2 is 1.71 bits per heavy atom. The minimum Gasteiger partial charge on any atom is -0.326 e. The van der Waals surface area contributed by atoms with E-state index >= 15 is 0 Å². The molecule has 31 heavy (non-hydrogen) atoms. The molecular weight excluding hydrogens is 414 g/mol. The average Bonchev–Trinajstić information content (AvgIpc) is 3.04. The van der Waals surface area contributed by atoms with Gasteiger partial charge in [-0.2, -0.15) is 0 Å². The lowest BCUT2D eigenvalue weighted by Gasteiger charge is -2.20. The Labute approximate surface area is 183 Å². The van der Waals surface area contributed by atoms with Crippen molar-refractivity contribution in [1.29, 1.82) is 0 Å². The van der Waals surface area contributed by atoms with Crippen molar-refractivity contribution in [3.05, 3.63) is 53.6 Å². The Bertz CT molecular complexity index is 1100. The smallest absolute Gasteiger partial charge is 0.241 e. The molecule has 1 heterocycles. The number of hydrogen-bond acceptors (Lipinski definition) is 4. The monoisotopic (exact) mass is 443 g/mol. The van der Waals surface area contributed by atoms with Gasteiger partial charge in [-0.15, -0.1) is 0 Å².